The van der Waals surface area contributed by atoms with Gasteiger partial charge in [0.25, 0.3) is 0 Å². The number of aliphatic hydroxyl groups excluding tert-OH is 1. The van der Waals surface area contributed by atoms with E-state index in [0.717, 1.165) is 23.8 Å². The standard InChI is InChI=1S/C14H20O2/c1-10-3-6-14(16-9-12-4-5-12)13(7-10)8-11(2)15/h3,6-7,11-12,15H,4-5,8-9H2,1-2H3. The molecule has 0 amide bonds. The van der Waals surface area contributed by atoms with E-state index >= 15 is 0 Å². The monoisotopic (exact) mass is 220 g/mol. The molecule has 0 aromatic heterocycles. The molecule has 1 unspecified atom stereocenters. The van der Waals surface area contributed by atoms with Crippen LogP contribution in [0.3, 0.4) is 0 Å². The van der Waals surface area contributed by atoms with Gasteiger partial charge >= 0.3 is 0 Å². The molecule has 0 radical (unpaired) electrons. The summed E-state index contributed by atoms with van der Waals surface area (Å²) in [6.07, 6.45) is 2.96. The average Bonchev–Trinajstić information content (AvgIpc) is 2.99. The molecular weight excluding hydrogens is 200 g/mol. The van der Waals surface area contributed by atoms with Crippen molar-refractivity contribution in [1.82, 2.24) is 0 Å². The van der Waals surface area contributed by atoms with Gasteiger partial charge in [-0.05, 0) is 44.2 Å². The molecule has 0 aliphatic heterocycles. The second-order valence-corrected chi connectivity index (χ2v) is 4.92. The van der Waals surface area contributed by atoms with Crippen LogP contribution in [0.2, 0.25) is 0 Å². The summed E-state index contributed by atoms with van der Waals surface area (Å²) in [6, 6.07) is 6.19. The summed E-state index contributed by atoms with van der Waals surface area (Å²) in [5.41, 5.74) is 2.34. The average molecular weight is 220 g/mol. The SMILES string of the molecule is Cc1ccc(OCC2CC2)c(CC(C)O)c1. The summed E-state index contributed by atoms with van der Waals surface area (Å²) < 4.78 is 5.81. The van der Waals surface area contributed by atoms with Crippen molar-refractivity contribution >= 4 is 0 Å². The van der Waals surface area contributed by atoms with Crippen LogP contribution in [0.1, 0.15) is 30.9 Å². The molecule has 2 nitrogen and oxygen atoms in total. The van der Waals surface area contributed by atoms with E-state index in [2.05, 4.69) is 19.1 Å². The van der Waals surface area contributed by atoms with Crippen molar-refractivity contribution in [2.45, 2.75) is 39.2 Å². The summed E-state index contributed by atoms with van der Waals surface area (Å²) in [5, 5.41) is 9.46. The third-order valence-electron chi connectivity index (χ3n) is 2.90. The summed E-state index contributed by atoms with van der Waals surface area (Å²) in [7, 11) is 0. The van der Waals surface area contributed by atoms with Gasteiger partial charge in [0.1, 0.15) is 5.75 Å². The van der Waals surface area contributed by atoms with E-state index in [4.69, 9.17) is 4.74 Å². The molecule has 0 spiro atoms. The van der Waals surface area contributed by atoms with E-state index in [1.54, 1.807) is 0 Å². The zero-order valence-electron chi connectivity index (χ0n) is 10.1. The molecule has 2 heteroatoms. The molecule has 16 heavy (non-hydrogen) atoms. The van der Waals surface area contributed by atoms with Crippen LogP contribution in [-0.4, -0.2) is 17.8 Å². The Bertz CT molecular complexity index is 354. The van der Waals surface area contributed by atoms with Gasteiger partial charge in [-0.25, -0.2) is 0 Å². The number of hydrogen-bond donors (Lipinski definition) is 1. The minimum Gasteiger partial charge on any atom is -0.493 e. The largest absolute Gasteiger partial charge is 0.493 e. The molecule has 1 aromatic rings. The molecular formula is C14H20O2. The Kier molecular flexibility index (Phi) is 3.49. The molecule has 0 bridgehead atoms. The van der Waals surface area contributed by atoms with E-state index in [-0.39, 0.29) is 6.10 Å². The number of hydrogen-bond acceptors (Lipinski definition) is 2. The minimum atomic E-state index is -0.315. The van der Waals surface area contributed by atoms with E-state index in [0.29, 0.717) is 6.42 Å². The molecule has 88 valence electrons. The predicted octanol–water partition coefficient (Wildman–Crippen LogP) is 2.71. The van der Waals surface area contributed by atoms with Crippen molar-refractivity contribution < 1.29 is 9.84 Å². The molecule has 1 fully saturated rings. The van der Waals surface area contributed by atoms with Crippen LogP contribution < -0.4 is 4.74 Å². The number of rotatable bonds is 5. The van der Waals surface area contributed by atoms with E-state index < -0.39 is 0 Å². The van der Waals surface area contributed by atoms with Gasteiger partial charge in [0.05, 0.1) is 12.7 Å². The van der Waals surface area contributed by atoms with Crippen molar-refractivity contribution in [2.75, 3.05) is 6.61 Å². The molecule has 1 N–H and O–H groups in total. The fraction of sp³-hybridized carbons (Fsp3) is 0.571. The molecule has 1 aromatic carbocycles. The van der Waals surface area contributed by atoms with E-state index in [1.807, 2.05) is 13.0 Å². The zero-order chi connectivity index (χ0) is 11.5. The number of aryl methyl sites for hydroxylation is 1. The second-order valence-electron chi connectivity index (χ2n) is 4.92. The Hall–Kier alpha value is -1.02. The van der Waals surface area contributed by atoms with Crippen LogP contribution in [0.4, 0.5) is 0 Å². The highest BCUT2D eigenvalue weighted by Crippen LogP contribution is 2.30. The van der Waals surface area contributed by atoms with Crippen molar-refractivity contribution in [2.24, 2.45) is 5.92 Å². The van der Waals surface area contributed by atoms with Gasteiger partial charge in [0, 0.05) is 6.42 Å². The first kappa shape index (κ1) is 11.5. The molecule has 0 heterocycles. The molecule has 1 aliphatic carbocycles. The lowest BCUT2D eigenvalue weighted by atomic mass is 10.0. The molecule has 0 saturated heterocycles. The highest BCUT2D eigenvalue weighted by Gasteiger charge is 2.22. The topological polar surface area (TPSA) is 29.5 Å². The Balaban J connectivity index is 2.06. The lowest BCUT2D eigenvalue weighted by molar-refractivity contribution is 0.193. The second kappa shape index (κ2) is 4.88. The number of benzene rings is 1. The highest BCUT2D eigenvalue weighted by molar-refractivity contribution is 5.37. The van der Waals surface area contributed by atoms with Crippen LogP contribution in [0.15, 0.2) is 18.2 Å². The lowest BCUT2D eigenvalue weighted by Gasteiger charge is -2.13. The Morgan fingerprint density at radius 1 is 1.44 bits per heavy atom. The smallest absolute Gasteiger partial charge is 0.122 e. The Labute approximate surface area is 97.3 Å². The van der Waals surface area contributed by atoms with E-state index in [1.165, 1.54) is 18.4 Å². The first-order chi connectivity index (χ1) is 7.65. The van der Waals surface area contributed by atoms with Crippen LogP contribution in [0, 0.1) is 12.8 Å². The summed E-state index contributed by atoms with van der Waals surface area (Å²) in [6.45, 7) is 4.71. The maximum absolute atomic E-state index is 9.46. The molecule has 2 rings (SSSR count). The van der Waals surface area contributed by atoms with Crippen molar-refractivity contribution in [3.8, 4) is 5.75 Å². The maximum atomic E-state index is 9.46. The molecule has 1 saturated carbocycles. The van der Waals surface area contributed by atoms with Crippen molar-refractivity contribution in [3.05, 3.63) is 29.3 Å². The highest BCUT2D eigenvalue weighted by atomic mass is 16.5. The van der Waals surface area contributed by atoms with Gasteiger partial charge in [-0.15, -0.1) is 0 Å². The minimum absolute atomic E-state index is 0.315. The predicted molar refractivity (Wildman–Crippen MR) is 64.8 cm³/mol. The van der Waals surface area contributed by atoms with Gasteiger partial charge in [0.2, 0.25) is 0 Å². The zero-order valence-corrected chi connectivity index (χ0v) is 10.1. The van der Waals surface area contributed by atoms with Crippen molar-refractivity contribution in [1.29, 1.82) is 0 Å². The number of aliphatic hydroxyl groups is 1. The third kappa shape index (κ3) is 3.24. The summed E-state index contributed by atoms with van der Waals surface area (Å²) in [5.74, 6) is 1.71. The summed E-state index contributed by atoms with van der Waals surface area (Å²) in [4.78, 5) is 0. The van der Waals surface area contributed by atoms with E-state index in [9.17, 15) is 5.11 Å². The van der Waals surface area contributed by atoms with Crippen molar-refractivity contribution in [3.63, 3.8) is 0 Å². The van der Waals surface area contributed by atoms with Gasteiger partial charge < -0.3 is 9.84 Å². The van der Waals surface area contributed by atoms with Crippen LogP contribution in [0.5, 0.6) is 5.75 Å². The van der Waals surface area contributed by atoms with Crippen LogP contribution in [-0.2, 0) is 6.42 Å². The maximum Gasteiger partial charge on any atom is 0.122 e. The van der Waals surface area contributed by atoms with Gasteiger partial charge in [0.15, 0.2) is 0 Å². The van der Waals surface area contributed by atoms with Crippen LogP contribution in [0.25, 0.3) is 0 Å². The quantitative estimate of drug-likeness (QED) is 0.826. The third-order valence-corrected chi connectivity index (χ3v) is 2.90. The fourth-order valence-electron chi connectivity index (χ4n) is 1.82. The lowest BCUT2D eigenvalue weighted by Crippen LogP contribution is -2.08. The Morgan fingerprint density at radius 2 is 2.19 bits per heavy atom. The first-order valence-corrected chi connectivity index (χ1v) is 6.05. The normalized spacial score (nSPS) is 17.2. The summed E-state index contributed by atoms with van der Waals surface area (Å²) >= 11 is 0. The van der Waals surface area contributed by atoms with Gasteiger partial charge in [-0.1, -0.05) is 17.7 Å². The fourth-order valence-corrected chi connectivity index (χ4v) is 1.82. The van der Waals surface area contributed by atoms with Gasteiger partial charge in [-0.3, -0.25) is 0 Å². The van der Waals surface area contributed by atoms with Gasteiger partial charge in [-0.2, -0.15) is 0 Å². The first-order valence-electron chi connectivity index (χ1n) is 6.05. The van der Waals surface area contributed by atoms with Crippen LogP contribution >= 0.6 is 0 Å². The number of ether oxygens (including phenoxy) is 1. The molecule has 1 aliphatic rings. The Morgan fingerprint density at radius 3 is 2.81 bits per heavy atom. The molecule has 1 atom stereocenters.